The van der Waals surface area contributed by atoms with Crippen molar-refractivity contribution in [1.82, 2.24) is 0 Å². The van der Waals surface area contributed by atoms with Crippen LogP contribution in [0.5, 0.6) is 0 Å². The quantitative estimate of drug-likeness (QED) is 0.491. The van der Waals surface area contributed by atoms with Gasteiger partial charge in [0.1, 0.15) is 5.69 Å². The predicted octanol–water partition coefficient (Wildman–Crippen LogP) is 2.35. The highest BCUT2D eigenvalue weighted by atomic mass is 16.6. The summed E-state index contributed by atoms with van der Waals surface area (Å²) in [4.78, 5) is 10.5. The lowest BCUT2D eigenvalue weighted by Crippen LogP contribution is -2.33. The molecule has 1 aliphatic heterocycles. The lowest BCUT2D eigenvalue weighted by molar-refractivity contribution is -0.384. The minimum absolute atomic E-state index is 0.0488. The molecule has 1 aromatic rings. The summed E-state index contributed by atoms with van der Waals surface area (Å²) in [5, 5.41) is 11.0. The molecule has 0 spiro atoms. The van der Waals surface area contributed by atoms with Crippen LogP contribution in [-0.4, -0.2) is 23.2 Å². The summed E-state index contributed by atoms with van der Waals surface area (Å²) in [6.07, 6.45) is 2.16. The lowest BCUT2D eigenvalue weighted by Gasteiger charge is -2.32. The molecule has 0 amide bonds. The molecule has 116 valence electrons. The molecular weight excluding hydrogens is 274 g/mol. The van der Waals surface area contributed by atoms with Crippen molar-refractivity contribution in [2.75, 3.05) is 5.43 Å². The SMILES string of the molecule is CC1CC(OCc2ccc(NN)c([N+](=O)[O-])c2)CC(C)O1. The molecule has 21 heavy (non-hydrogen) atoms. The average molecular weight is 295 g/mol. The molecule has 7 heteroatoms. The third kappa shape index (κ3) is 4.13. The number of nitro benzene ring substituents is 1. The molecule has 0 radical (unpaired) electrons. The van der Waals surface area contributed by atoms with Crippen molar-refractivity contribution in [3.05, 3.63) is 33.9 Å². The third-order valence-corrected chi connectivity index (χ3v) is 3.55. The molecule has 0 aromatic heterocycles. The number of nitrogens with zero attached hydrogens (tertiary/aromatic N) is 1. The van der Waals surface area contributed by atoms with Gasteiger partial charge in [-0.25, -0.2) is 0 Å². The molecule has 3 N–H and O–H groups in total. The second-order valence-electron chi connectivity index (χ2n) is 5.41. The Balaban J connectivity index is 2.00. The molecule has 2 unspecified atom stereocenters. The Labute approximate surface area is 123 Å². The highest BCUT2D eigenvalue weighted by Gasteiger charge is 2.25. The summed E-state index contributed by atoms with van der Waals surface area (Å²) in [6, 6.07) is 4.85. The van der Waals surface area contributed by atoms with Gasteiger partial charge in [-0.2, -0.15) is 0 Å². The van der Waals surface area contributed by atoms with Gasteiger partial charge >= 0.3 is 0 Å². The number of nitro groups is 1. The first-order chi connectivity index (χ1) is 9.99. The van der Waals surface area contributed by atoms with E-state index in [0.717, 1.165) is 18.4 Å². The topological polar surface area (TPSA) is 99.7 Å². The van der Waals surface area contributed by atoms with E-state index in [9.17, 15) is 10.1 Å². The minimum Gasteiger partial charge on any atom is -0.375 e. The number of ether oxygens (including phenoxy) is 2. The fourth-order valence-corrected chi connectivity index (χ4v) is 2.63. The summed E-state index contributed by atoms with van der Waals surface area (Å²) in [5.74, 6) is 5.26. The van der Waals surface area contributed by atoms with E-state index in [0.29, 0.717) is 6.61 Å². The molecule has 1 fully saturated rings. The van der Waals surface area contributed by atoms with Gasteiger partial charge in [0.2, 0.25) is 0 Å². The molecule has 1 heterocycles. The van der Waals surface area contributed by atoms with Gasteiger partial charge in [0.15, 0.2) is 0 Å². The molecule has 0 bridgehead atoms. The van der Waals surface area contributed by atoms with Crippen molar-refractivity contribution >= 4 is 11.4 Å². The van der Waals surface area contributed by atoms with E-state index in [-0.39, 0.29) is 29.7 Å². The Morgan fingerprint density at radius 1 is 1.43 bits per heavy atom. The van der Waals surface area contributed by atoms with Gasteiger partial charge in [0.05, 0.1) is 29.8 Å². The van der Waals surface area contributed by atoms with Crippen LogP contribution in [0.25, 0.3) is 0 Å². The van der Waals surface area contributed by atoms with Gasteiger partial charge in [-0.15, -0.1) is 0 Å². The van der Waals surface area contributed by atoms with Crippen LogP contribution < -0.4 is 11.3 Å². The molecule has 0 saturated carbocycles. The van der Waals surface area contributed by atoms with Crippen molar-refractivity contribution in [3.63, 3.8) is 0 Å². The van der Waals surface area contributed by atoms with Gasteiger partial charge in [-0.3, -0.25) is 16.0 Å². The molecule has 0 aliphatic carbocycles. The zero-order valence-corrected chi connectivity index (χ0v) is 12.2. The molecule has 1 aliphatic rings. The Bertz CT molecular complexity index is 499. The maximum absolute atomic E-state index is 11.0. The van der Waals surface area contributed by atoms with Gasteiger partial charge < -0.3 is 14.9 Å². The highest BCUT2D eigenvalue weighted by Crippen LogP contribution is 2.26. The Hall–Kier alpha value is -1.70. The number of hydrazine groups is 1. The number of nitrogens with two attached hydrogens (primary N) is 1. The monoisotopic (exact) mass is 295 g/mol. The number of hydrogen-bond donors (Lipinski definition) is 2. The maximum atomic E-state index is 11.0. The summed E-state index contributed by atoms with van der Waals surface area (Å²) >= 11 is 0. The molecule has 2 rings (SSSR count). The van der Waals surface area contributed by atoms with Crippen LogP contribution in [0.3, 0.4) is 0 Å². The second-order valence-corrected chi connectivity index (χ2v) is 5.41. The van der Waals surface area contributed by atoms with Crippen molar-refractivity contribution in [1.29, 1.82) is 0 Å². The summed E-state index contributed by atoms with van der Waals surface area (Å²) in [7, 11) is 0. The van der Waals surface area contributed by atoms with Crippen LogP contribution in [-0.2, 0) is 16.1 Å². The highest BCUT2D eigenvalue weighted by molar-refractivity contribution is 5.61. The van der Waals surface area contributed by atoms with Gasteiger partial charge in [0, 0.05) is 6.07 Å². The molecule has 1 saturated heterocycles. The normalized spacial score (nSPS) is 25.6. The maximum Gasteiger partial charge on any atom is 0.294 e. The van der Waals surface area contributed by atoms with Crippen LogP contribution >= 0.6 is 0 Å². The van der Waals surface area contributed by atoms with Gasteiger partial charge in [-0.05, 0) is 38.3 Å². The first-order valence-electron chi connectivity index (χ1n) is 7.00. The van der Waals surface area contributed by atoms with Crippen LogP contribution in [0.15, 0.2) is 18.2 Å². The number of nitrogen functional groups attached to an aromatic ring is 1. The van der Waals surface area contributed by atoms with Crippen molar-refractivity contribution in [2.24, 2.45) is 5.84 Å². The average Bonchev–Trinajstić information content (AvgIpc) is 2.43. The first kappa shape index (κ1) is 15.7. The third-order valence-electron chi connectivity index (χ3n) is 3.55. The molecule has 2 atom stereocenters. The van der Waals surface area contributed by atoms with Crippen molar-refractivity contribution in [2.45, 2.75) is 51.6 Å². The Morgan fingerprint density at radius 2 is 2.10 bits per heavy atom. The molecule has 1 aromatic carbocycles. The zero-order chi connectivity index (χ0) is 15.4. The number of nitrogens with one attached hydrogen (secondary N) is 1. The molecular formula is C14H21N3O4. The van der Waals surface area contributed by atoms with Crippen molar-refractivity contribution in [3.8, 4) is 0 Å². The first-order valence-corrected chi connectivity index (χ1v) is 7.00. The van der Waals surface area contributed by atoms with E-state index >= 15 is 0 Å². The second kappa shape index (κ2) is 6.84. The van der Waals surface area contributed by atoms with E-state index in [2.05, 4.69) is 5.43 Å². The van der Waals surface area contributed by atoms with E-state index in [1.165, 1.54) is 6.07 Å². The van der Waals surface area contributed by atoms with Crippen LogP contribution in [0.2, 0.25) is 0 Å². The number of rotatable bonds is 5. The largest absolute Gasteiger partial charge is 0.375 e. The zero-order valence-electron chi connectivity index (χ0n) is 12.2. The Kier molecular flexibility index (Phi) is 5.11. The minimum atomic E-state index is -0.461. The van der Waals surface area contributed by atoms with E-state index in [4.69, 9.17) is 15.3 Å². The standard InChI is InChI=1S/C14H21N3O4/c1-9-5-12(6-10(2)21-9)20-8-11-3-4-13(16-15)14(7-11)17(18)19/h3-4,7,9-10,12,16H,5-6,8,15H2,1-2H3. The Morgan fingerprint density at radius 3 is 2.67 bits per heavy atom. The smallest absolute Gasteiger partial charge is 0.294 e. The van der Waals surface area contributed by atoms with Crippen LogP contribution in [0, 0.1) is 10.1 Å². The van der Waals surface area contributed by atoms with E-state index in [1.54, 1.807) is 12.1 Å². The van der Waals surface area contributed by atoms with Crippen LogP contribution in [0.1, 0.15) is 32.3 Å². The molecule has 7 nitrogen and oxygen atoms in total. The van der Waals surface area contributed by atoms with E-state index < -0.39 is 4.92 Å². The summed E-state index contributed by atoms with van der Waals surface area (Å²) < 4.78 is 11.5. The van der Waals surface area contributed by atoms with Crippen molar-refractivity contribution < 1.29 is 14.4 Å². The van der Waals surface area contributed by atoms with E-state index in [1.807, 2.05) is 13.8 Å². The van der Waals surface area contributed by atoms with Crippen LogP contribution in [0.4, 0.5) is 11.4 Å². The summed E-state index contributed by atoms with van der Waals surface area (Å²) in [6.45, 7) is 4.40. The van der Waals surface area contributed by atoms with Gasteiger partial charge in [0.25, 0.3) is 5.69 Å². The number of benzene rings is 1. The predicted molar refractivity (Wildman–Crippen MR) is 78.7 cm³/mol. The fraction of sp³-hybridized carbons (Fsp3) is 0.571. The van der Waals surface area contributed by atoms with Gasteiger partial charge in [-0.1, -0.05) is 6.07 Å². The fourth-order valence-electron chi connectivity index (χ4n) is 2.63. The number of anilines is 1. The summed E-state index contributed by atoms with van der Waals surface area (Å²) in [5.41, 5.74) is 3.32. The number of hydrogen-bond acceptors (Lipinski definition) is 6. The lowest BCUT2D eigenvalue weighted by atomic mass is 10.0.